The fourth-order valence-corrected chi connectivity index (χ4v) is 4.26. The largest absolute Gasteiger partial charge is 0.360 e. The van der Waals surface area contributed by atoms with Crippen LogP contribution in [0.3, 0.4) is 0 Å². The van der Waals surface area contributed by atoms with E-state index < -0.39 is 0 Å². The standard InChI is InChI=1S/C15H14FN3S3/c16-12-5-3-11(4-6-12)10-21-15-19-18-14(22-15)17-8-7-13-2-1-9-20-13/h1-6,9H,7-8,10H2,(H,17,18). The second kappa shape index (κ2) is 7.71. The second-order valence-electron chi connectivity index (χ2n) is 4.54. The molecule has 3 rings (SSSR count). The summed E-state index contributed by atoms with van der Waals surface area (Å²) >= 11 is 4.93. The van der Waals surface area contributed by atoms with Crippen LogP contribution in [-0.2, 0) is 12.2 Å². The highest BCUT2D eigenvalue weighted by atomic mass is 32.2. The van der Waals surface area contributed by atoms with Crippen LogP contribution < -0.4 is 5.32 Å². The molecular formula is C15H14FN3S3. The first-order chi connectivity index (χ1) is 10.8. The third-order valence-corrected chi connectivity index (χ3v) is 5.93. The summed E-state index contributed by atoms with van der Waals surface area (Å²) in [7, 11) is 0. The Balaban J connectivity index is 1.45. The van der Waals surface area contributed by atoms with Crippen LogP contribution in [-0.4, -0.2) is 16.7 Å². The van der Waals surface area contributed by atoms with Crippen LogP contribution in [0.1, 0.15) is 10.4 Å². The smallest absolute Gasteiger partial charge is 0.206 e. The van der Waals surface area contributed by atoms with Crippen LogP contribution in [0, 0.1) is 5.82 Å². The van der Waals surface area contributed by atoms with Gasteiger partial charge in [-0.15, -0.1) is 21.5 Å². The van der Waals surface area contributed by atoms with Gasteiger partial charge in [-0.05, 0) is 35.6 Å². The summed E-state index contributed by atoms with van der Waals surface area (Å²) in [6.45, 7) is 0.859. The first-order valence-corrected chi connectivity index (χ1v) is 9.45. The lowest BCUT2D eigenvalue weighted by Crippen LogP contribution is -2.03. The lowest BCUT2D eigenvalue weighted by Gasteiger charge is -1.99. The van der Waals surface area contributed by atoms with E-state index in [1.54, 1.807) is 46.6 Å². The molecule has 1 aromatic carbocycles. The Morgan fingerprint density at radius 3 is 2.77 bits per heavy atom. The molecule has 1 N–H and O–H groups in total. The normalized spacial score (nSPS) is 10.8. The number of rotatable bonds is 7. The van der Waals surface area contributed by atoms with Gasteiger partial charge in [0.15, 0.2) is 4.34 Å². The average Bonchev–Trinajstić information content (AvgIpc) is 3.19. The summed E-state index contributed by atoms with van der Waals surface area (Å²) in [4.78, 5) is 1.36. The van der Waals surface area contributed by atoms with Crippen molar-refractivity contribution < 1.29 is 4.39 Å². The van der Waals surface area contributed by atoms with E-state index in [-0.39, 0.29) is 5.82 Å². The first kappa shape index (κ1) is 15.5. The Morgan fingerprint density at radius 2 is 2.00 bits per heavy atom. The highest BCUT2D eigenvalue weighted by Gasteiger charge is 2.05. The van der Waals surface area contributed by atoms with E-state index in [0.717, 1.165) is 33.8 Å². The molecule has 0 amide bonds. The van der Waals surface area contributed by atoms with Crippen molar-refractivity contribution in [2.45, 2.75) is 16.5 Å². The van der Waals surface area contributed by atoms with Crippen molar-refractivity contribution in [1.82, 2.24) is 10.2 Å². The highest BCUT2D eigenvalue weighted by molar-refractivity contribution is 8.00. The molecule has 22 heavy (non-hydrogen) atoms. The van der Waals surface area contributed by atoms with E-state index in [4.69, 9.17) is 0 Å². The molecule has 7 heteroatoms. The van der Waals surface area contributed by atoms with Gasteiger partial charge >= 0.3 is 0 Å². The third kappa shape index (κ3) is 4.53. The number of hydrogen-bond donors (Lipinski definition) is 1. The molecule has 3 nitrogen and oxygen atoms in total. The Hall–Kier alpha value is -1.44. The molecule has 0 aliphatic carbocycles. The summed E-state index contributed by atoms with van der Waals surface area (Å²) in [5.74, 6) is 0.561. The van der Waals surface area contributed by atoms with Crippen LogP contribution in [0.5, 0.6) is 0 Å². The van der Waals surface area contributed by atoms with E-state index >= 15 is 0 Å². The van der Waals surface area contributed by atoms with Gasteiger partial charge in [0.05, 0.1) is 0 Å². The summed E-state index contributed by atoms with van der Waals surface area (Å²) in [5.41, 5.74) is 1.08. The fraction of sp³-hybridized carbons (Fsp3) is 0.200. The molecule has 2 aromatic heterocycles. The van der Waals surface area contributed by atoms with E-state index in [9.17, 15) is 4.39 Å². The zero-order chi connectivity index (χ0) is 15.2. The number of halogens is 1. The van der Waals surface area contributed by atoms with Crippen molar-refractivity contribution in [2.24, 2.45) is 0 Å². The maximum absolute atomic E-state index is 12.8. The van der Waals surface area contributed by atoms with Gasteiger partial charge in [0.1, 0.15) is 5.82 Å². The average molecular weight is 351 g/mol. The quantitative estimate of drug-likeness (QED) is 0.627. The summed E-state index contributed by atoms with van der Waals surface area (Å²) < 4.78 is 13.8. The molecule has 2 heterocycles. The van der Waals surface area contributed by atoms with Gasteiger partial charge in [-0.1, -0.05) is 41.3 Å². The maximum Gasteiger partial charge on any atom is 0.206 e. The van der Waals surface area contributed by atoms with Crippen molar-refractivity contribution in [2.75, 3.05) is 11.9 Å². The minimum atomic E-state index is -0.207. The molecule has 0 saturated heterocycles. The minimum absolute atomic E-state index is 0.207. The highest BCUT2D eigenvalue weighted by Crippen LogP contribution is 2.28. The van der Waals surface area contributed by atoms with E-state index in [2.05, 4.69) is 33.0 Å². The third-order valence-electron chi connectivity index (χ3n) is 2.91. The number of hydrogen-bond acceptors (Lipinski definition) is 6. The Labute approximate surface area is 140 Å². The van der Waals surface area contributed by atoms with Crippen molar-refractivity contribution in [1.29, 1.82) is 0 Å². The van der Waals surface area contributed by atoms with Crippen LogP contribution in [0.15, 0.2) is 46.1 Å². The molecule has 0 atom stereocenters. The first-order valence-electron chi connectivity index (χ1n) is 6.76. The molecule has 0 aliphatic heterocycles. The zero-order valence-electron chi connectivity index (χ0n) is 11.7. The molecule has 0 unspecified atom stereocenters. The molecule has 0 fully saturated rings. The molecule has 0 bridgehead atoms. The van der Waals surface area contributed by atoms with Crippen LogP contribution >= 0.6 is 34.4 Å². The molecule has 0 spiro atoms. The number of thioether (sulfide) groups is 1. The monoisotopic (exact) mass is 351 g/mol. The topological polar surface area (TPSA) is 37.8 Å². The van der Waals surface area contributed by atoms with Gasteiger partial charge in [0, 0.05) is 17.2 Å². The predicted molar refractivity (Wildman–Crippen MR) is 92.4 cm³/mol. The molecule has 0 saturated carbocycles. The summed E-state index contributed by atoms with van der Waals surface area (Å²) in [6, 6.07) is 10.7. The number of thiophene rings is 1. The van der Waals surface area contributed by atoms with Crippen molar-refractivity contribution in [3.8, 4) is 0 Å². The number of nitrogens with one attached hydrogen (secondary N) is 1. The van der Waals surface area contributed by atoms with Gasteiger partial charge in [-0.25, -0.2) is 4.39 Å². The predicted octanol–water partition coefficient (Wildman–Crippen LogP) is 4.69. The van der Waals surface area contributed by atoms with Crippen LogP contribution in [0.4, 0.5) is 9.52 Å². The van der Waals surface area contributed by atoms with Gasteiger partial charge < -0.3 is 5.32 Å². The molecule has 0 aliphatic rings. The number of anilines is 1. The number of aromatic nitrogens is 2. The van der Waals surface area contributed by atoms with Gasteiger partial charge in [0.25, 0.3) is 0 Å². The summed E-state index contributed by atoms with van der Waals surface area (Å²) in [6.07, 6.45) is 0.995. The van der Waals surface area contributed by atoms with Crippen LogP contribution in [0.2, 0.25) is 0 Å². The molecular weight excluding hydrogens is 337 g/mol. The minimum Gasteiger partial charge on any atom is -0.360 e. The Bertz CT molecular complexity index is 695. The SMILES string of the molecule is Fc1ccc(CSc2nnc(NCCc3cccs3)s2)cc1. The number of nitrogens with zero attached hydrogens (tertiary/aromatic N) is 2. The molecule has 3 aromatic rings. The van der Waals surface area contributed by atoms with Crippen molar-refractivity contribution in [3.63, 3.8) is 0 Å². The Kier molecular flexibility index (Phi) is 5.42. The van der Waals surface area contributed by atoms with Crippen molar-refractivity contribution >= 4 is 39.6 Å². The van der Waals surface area contributed by atoms with Gasteiger partial charge in [-0.3, -0.25) is 0 Å². The van der Waals surface area contributed by atoms with Gasteiger partial charge in [0.2, 0.25) is 5.13 Å². The summed E-state index contributed by atoms with van der Waals surface area (Å²) in [5, 5.41) is 14.5. The maximum atomic E-state index is 12.8. The second-order valence-corrected chi connectivity index (χ2v) is 7.78. The van der Waals surface area contributed by atoms with Crippen molar-refractivity contribution in [3.05, 3.63) is 58.0 Å². The lowest BCUT2D eigenvalue weighted by atomic mass is 10.2. The van der Waals surface area contributed by atoms with E-state index in [1.807, 2.05) is 0 Å². The zero-order valence-corrected chi connectivity index (χ0v) is 14.1. The van der Waals surface area contributed by atoms with E-state index in [0.29, 0.717) is 0 Å². The molecule has 114 valence electrons. The fourth-order valence-electron chi connectivity index (χ4n) is 1.81. The lowest BCUT2D eigenvalue weighted by molar-refractivity contribution is 0.627. The van der Waals surface area contributed by atoms with Crippen LogP contribution in [0.25, 0.3) is 0 Å². The molecule has 0 radical (unpaired) electrons. The Morgan fingerprint density at radius 1 is 1.14 bits per heavy atom. The van der Waals surface area contributed by atoms with Gasteiger partial charge in [-0.2, -0.15) is 0 Å². The van der Waals surface area contributed by atoms with E-state index in [1.165, 1.54) is 17.0 Å². The number of benzene rings is 1.